The molecule has 2 aliphatic rings. The number of hydrogen-bond acceptors (Lipinski definition) is 1. The number of guanidine groups is 1. The summed E-state index contributed by atoms with van der Waals surface area (Å²) in [6, 6.07) is 0.470. The first-order chi connectivity index (χ1) is 9.11. The van der Waals surface area contributed by atoms with Gasteiger partial charge in [0, 0.05) is 19.1 Å². The van der Waals surface area contributed by atoms with Gasteiger partial charge in [-0.2, -0.15) is 0 Å². The molecule has 0 amide bonds. The second-order valence-electron chi connectivity index (χ2n) is 6.74. The van der Waals surface area contributed by atoms with Crippen molar-refractivity contribution in [2.45, 2.75) is 59.4 Å². The highest BCUT2D eigenvalue weighted by Gasteiger charge is 2.41. The van der Waals surface area contributed by atoms with Crippen molar-refractivity contribution in [2.24, 2.45) is 28.7 Å². The van der Waals surface area contributed by atoms with Crippen LogP contribution in [-0.2, 0) is 0 Å². The smallest absolute Gasteiger partial charge is 0.191 e. The van der Waals surface area contributed by atoms with E-state index in [-0.39, 0.29) is 0 Å². The summed E-state index contributed by atoms with van der Waals surface area (Å²) in [7, 11) is 0. The number of aliphatic imine (C=N–C) groups is 1. The predicted octanol–water partition coefficient (Wildman–Crippen LogP) is 3.02. The van der Waals surface area contributed by atoms with Crippen LogP contribution >= 0.6 is 0 Å². The zero-order valence-corrected chi connectivity index (χ0v) is 13.1. The molecule has 19 heavy (non-hydrogen) atoms. The van der Waals surface area contributed by atoms with E-state index in [9.17, 15) is 0 Å². The van der Waals surface area contributed by atoms with E-state index < -0.39 is 0 Å². The molecule has 1 atom stereocenters. The van der Waals surface area contributed by atoms with Crippen LogP contribution in [-0.4, -0.2) is 25.1 Å². The van der Waals surface area contributed by atoms with E-state index in [0.717, 1.165) is 36.8 Å². The first-order valence-corrected chi connectivity index (χ1v) is 8.16. The number of nitrogens with one attached hydrogen (secondary N) is 2. The van der Waals surface area contributed by atoms with Crippen molar-refractivity contribution in [2.75, 3.05) is 13.1 Å². The lowest BCUT2D eigenvalue weighted by atomic mass is 9.98. The second-order valence-corrected chi connectivity index (χ2v) is 6.74. The number of nitrogens with zero attached hydrogens (tertiary/aromatic N) is 1. The molecular weight excluding hydrogens is 234 g/mol. The first kappa shape index (κ1) is 14.7. The SMILES string of the molecule is CCNC(=NCC(C1CC1)C1CC1)NC(C)C(C)C. The third kappa shape index (κ3) is 4.70. The molecule has 0 aromatic heterocycles. The maximum atomic E-state index is 4.85. The van der Waals surface area contributed by atoms with Crippen LogP contribution in [0.4, 0.5) is 0 Å². The summed E-state index contributed by atoms with van der Waals surface area (Å²) in [5, 5.41) is 6.91. The van der Waals surface area contributed by atoms with Crippen molar-refractivity contribution >= 4 is 5.96 Å². The Kier molecular flexibility index (Phi) is 5.12. The molecule has 2 rings (SSSR count). The van der Waals surface area contributed by atoms with Crippen molar-refractivity contribution in [3.63, 3.8) is 0 Å². The molecule has 0 aromatic rings. The van der Waals surface area contributed by atoms with Gasteiger partial charge in [0.2, 0.25) is 0 Å². The molecule has 110 valence electrons. The lowest BCUT2D eigenvalue weighted by molar-refractivity contribution is 0.415. The van der Waals surface area contributed by atoms with E-state index in [4.69, 9.17) is 4.99 Å². The van der Waals surface area contributed by atoms with Gasteiger partial charge in [-0.25, -0.2) is 0 Å². The van der Waals surface area contributed by atoms with Gasteiger partial charge in [0.15, 0.2) is 5.96 Å². The Morgan fingerprint density at radius 1 is 1.11 bits per heavy atom. The van der Waals surface area contributed by atoms with Gasteiger partial charge >= 0.3 is 0 Å². The average molecular weight is 265 g/mol. The highest BCUT2D eigenvalue weighted by atomic mass is 15.2. The highest BCUT2D eigenvalue weighted by molar-refractivity contribution is 5.80. The fraction of sp³-hybridized carbons (Fsp3) is 0.938. The number of rotatable bonds is 7. The van der Waals surface area contributed by atoms with Crippen molar-refractivity contribution < 1.29 is 0 Å². The Bertz CT molecular complexity index is 291. The van der Waals surface area contributed by atoms with E-state index in [1.807, 2.05) is 0 Å². The molecular formula is C16H31N3. The van der Waals surface area contributed by atoms with E-state index >= 15 is 0 Å². The molecule has 0 bridgehead atoms. The largest absolute Gasteiger partial charge is 0.357 e. The minimum atomic E-state index is 0.470. The van der Waals surface area contributed by atoms with Gasteiger partial charge in [-0.15, -0.1) is 0 Å². The van der Waals surface area contributed by atoms with Crippen LogP contribution in [0.2, 0.25) is 0 Å². The van der Waals surface area contributed by atoms with Crippen LogP contribution in [0, 0.1) is 23.7 Å². The highest BCUT2D eigenvalue weighted by Crippen LogP contribution is 2.49. The Morgan fingerprint density at radius 2 is 1.68 bits per heavy atom. The van der Waals surface area contributed by atoms with Gasteiger partial charge in [-0.3, -0.25) is 4.99 Å². The van der Waals surface area contributed by atoms with Crippen molar-refractivity contribution in [1.29, 1.82) is 0 Å². The zero-order valence-electron chi connectivity index (χ0n) is 13.1. The van der Waals surface area contributed by atoms with Gasteiger partial charge < -0.3 is 10.6 Å². The van der Waals surface area contributed by atoms with Gasteiger partial charge in [0.25, 0.3) is 0 Å². The summed E-state index contributed by atoms with van der Waals surface area (Å²) in [5.74, 6) is 4.48. The number of hydrogen-bond donors (Lipinski definition) is 2. The van der Waals surface area contributed by atoms with Gasteiger partial charge in [-0.1, -0.05) is 13.8 Å². The van der Waals surface area contributed by atoms with E-state index in [0.29, 0.717) is 12.0 Å². The summed E-state index contributed by atoms with van der Waals surface area (Å²) in [6.07, 6.45) is 5.79. The van der Waals surface area contributed by atoms with Gasteiger partial charge in [0.1, 0.15) is 0 Å². The molecule has 2 saturated carbocycles. The van der Waals surface area contributed by atoms with Crippen molar-refractivity contribution in [3.8, 4) is 0 Å². The molecule has 0 heterocycles. The van der Waals surface area contributed by atoms with E-state index in [2.05, 4.69) is 38.3 Å². The van der Waals surface area contributed by atoms with E-state index in [1.165, 1.54) is 25.7 Å². The maximum Gasteiger partial charge on any atom is 0.191 e. The molecule has 3 heteroatoms. The molecule has 3 nitrogen and oxygen atoms in total. The molecule has 2 aliphatic carbocycles. The zero-order chi connectivity index (χ0) is 13.8. The topological polar surface area (TPSA) is 36.4 Å². The maximum absolute atomic E-state index is 4.85. The van der Waals surface area contributed by atoms with E-state index in [1.54, 1.807) is 0 Å². The minimum Gasteiger partial charge on any atom is -0.357 e. The van der Waals surface area contributed by atoms with Crippen LogP contribution in [0.1, 0.15) is 53.4 Å². The summed E-state index contributed by atoms with van der Waals surface area (Å²) in [6.45, 7) is 10.8. The fourth-order valence-electron chi connectivity index (χ4n) is 2.63. The van der Waals surface area contributed by atoms with Gasteiger partial charge in [0.05, 0.1) is 0 Å². The van der Waals surface area contributed by atoms with Crippen LogP contribution in [0.3, 0.4) is 0 Å². The van der Waals surface area contributed by atoms with Gasteiger partial charge in [-0.05, 0) is 63.2 Å². The standard InChI is InChI=1S/C16H31N3/c1-5-17-16(19-12(4)11(2)3)18-10-15(13-6-7-13)14-8-9-14/h11-15H,5-10H2,1-4H3,(H2,17,18,19). The minimum absolute atomic E-state index is 0.470. The van der Waals surface area contributed by atoms with Crippen LogP contribution in [0.25, 0.3) is 0 Å². The molecule has 0 saturated heterocycles. The first-order valence-electron chi connectivity index (χ1n) is 8.16. The Balaban J connectivity index is 1.87. The molecule has 0 radical (unpaired) electrons. The molecule has 0 aromatic carbocycles. The monoisotopic (exact) mass is 265 g/mol. The normalized spacial score (nSPS) is 21.9. The lowest BCUT2D eigenvalue weighted by Gasteiger charge is -2.21. The Labute approximate surface area is 118 Å². The van der Waals surface area contributed by atoms with Crippen LogP contribution < -0.4 is 10.6 Å². The molecule has 1 unspecified atom stereocenters. The second kappa shape index (κ2) is 6.62. The summed E-state index contributed by atoms with van der Waals surface area (Å²) in [5.41, 5.74) is 0. The molecule has 0 aliphatic heterocycles. The summed E-state index contributed by atoms with van der Waals surface area (Å²) in [4.78, 5) is 4.85. The summed E-state index contributed by atoms with van der Waals surface area (Å²) >= 11 is 0. The predicted molar refractivity (Wildman–Crippen MR) is 82.4 cm³/mol. The average Bonchev–Trinajstić information content (AvgIpc) is 3.23. The van der Waals surface area contributed by atoms with Crippen molar-refractivity contribution in [3.05, 3.63) is 0 Å². The molecule has 2 fully saturated rings. The third-order valence-electron chi connectivity index (χ3n) is 4.62. The molecule has 2 N–H and O–H groups in total. The lowest BCUT2D eigenvalue weighted by Crippen LogP contribution is -2.44. The quantitative estimate of drug-likeness (QED) is 0.548. The van der Waals surface area contributed by atoms with Crippen LogP contribution in [0.5, 0.6) is 0 Å². The Morgan fingerprint density at radius 3 is 2.11 bits per heavy atom. The molecule has 0 spiro atoms. The summed E-state index contributed by atoms with van der Waals surface area (Å²) < 4.78 is 0. The third-order valence-corrected chi connectivity index (χ3v) is 4.62. The Hall–Kier alpha value is -0.730. The van der Waals surface area contributed by atoms with Crippen LogP contribution in [0.15, 0.2) is 4.99 Å². The fourth-order valence-corrected chi connectivity index (χ4v) is 2.63. The van der Waals surface area contributed by atoms with Crippen molar-refractivity contribution in [1.82, 2.24) is 10.6 Å².